The van der Waals surface area contributed by atoms with Crippen LogP contribution in [0.2, 0.25) is 0 Å². The summed E-state index contributed by atoms with van der Waals surface area (Å²) in [5.41, 5.74) is -0.284. The van der Waals surface area contributed by atoms with Gasteiger partial charge in [-0.05, 0) is 37.5 Å². The molecule has 3 heteroatoms. The third kappa shape index (κ3) is 11.5. The quantitative estimate of drug-likeness (QED) is 0.156. The first-order valence-corrected chi connectivity index (χ1v) is 12.1. The molecule has 29 heavy (non-hydrogen) atoms. The van der Waals surface area contributed by atoms with Crippen LogP contribution in [0.15, 0.2) is 12.2 Å². The van der Waals surface area contributed by atoms with E-state index in [1.807, 2.05) is 13.8 Å². The Balaban J connectivity index is 1.99. The largest absolute Gasteiger partial charge is 0.298 e. The fourth-order valence-electron chi connectivity index (χ4n) is 4.26. The van der Waals surface area contributed by atoms with E-state index in [9.17, 15) is 14.4 Å². The highest BCUT2D eigenvalue weighted by Gasteiger charge is 2.42. The summed E-state index contributed by atoms with van der Waals surface area (Å²) in [4.78, 5) is 36.7. The summed E-state index contributed by atoms with van der Waals surface area (Å²) in [5, 5.41) is 0. The van der Waals surface area contributed by atoms with Crippen LogP contribution in [-0.2, 0) is 14.4 Å². The van der Waals surface area contributed by atoms with Gasteiger partial charge in [-0.1, -0.05) is 84.3 Å². The molecule has 0 heterocycles. The Labute approximate surface area is 179 Å². The lowest BCUT2D eigenvalue weighted by Gasteiger charge is -2.31. The van der Waals surface area contributed by atoms with E-state index in [0.717, 1.165) is 25.7 Å². The van der Waals surface area contributed by atoms with E-state index < -0.39 is 5.92 Å². The number of carbonyl (C=O) groups is 3. The van der Waals surface area contributed by atoms with E-state index in [4.69, 9.17) is 0 Å². The molecule has 0 atom stereocenters. The van der Waals surface area contributed by atoms with Crippen LogP contribution in [-0.4, -0.2) is 17.3 Å². The standard InChI is InChI=1S/C26H44O3/c1-4-5-6-7-8-9-10-11-12-13-14-15-16-17-18-19-22(27)25-23(28)20-26(2,3)21-24(25)29/h11-12,25H,4-10,13-21H2,1-3H3/b12-11+. The molecule has 3 nitrogen and oxygen atoms in total. The van der Waals surface area contributed by atoms with Gasteiger partial charge in [0.2, 0.25) is 0 Å². The highest BCUT2D eigenvalue weighted by molar-refractivity contribution is 6.20. The molecular formula is C26H44O3. The minimum absolute atomic E-state index is 0.145. The molecule has 0 aromatic rings. The van der Waals surface area contributed by atoms with Crippen LogP contribution in [0.3, 0.4) is 0 Å². The zero-order chi connectivity index (χ0) is 21.5. The Kier molecular flexibility index (Phi) is 13.1. The third-order valence-corrected chi connectivity index (χ3v) is 5.96. The minimum atomic E-state index is -0.959. The van der Waals surface area contributed by atoms with E-state index in [1.165, 1.54) is 57.8 Å². The van der Waals surface area contributed by atoms with E-state index in [-0.39, 0.29) is 22.8 Å². The van der Waals surface area contributed by atoms with Gasteiger partial charge in [0.25, 0.3) is 0 Å². The summed E-state index contributed by atoms with van der Waals surface area (Å²) < 4.78 is 0. The van der Waals surface area contributed by atoms with Crippen molar-refractivity contribution in [1.29, 1.82) is 0 Å². The van der Waals surface area contributed by atoms with Crippen LogP contribution < -0.4 is 0 Å². The molecule has 0 bridgehead atoms. The lowest BCUT2D eigenvalue weighted by molar-refractivity contribution is -0.145. The maximum atomic E-state index is 12.3. The predicted octanol–water partition coefficient (Wildman–Crippen LogP) is 7.17. The molecule has 1 saturated carbocycles. The monoisotopic (exact) mass is 404 g/mol. The van der Waals surface area contributed by atoms with Crippen LogP contribution in [0.5, 0.6) is 0 Å². The second kappa shape index (κ2) is 14.7. The summed E-state index contributed by atoms with van der Waals surface area (Å²) in [6, 6.07) is 0. The van der Waals surface area contributed by atoms with Crippen molar-refractivity contribution in [3.05, 3.63) is 12.2 Å². The first-order chi connectivity index (χ1) is 13.9. The highest BCUT2D eigenvalue weighted by Crippen LogP contribution is 2.34. The van der Waals surface area contributed by atoms with Gasteiger partial charge in [0.15, 0.2) is 17.3 Å². The number of ketones is 3. The Morgan fingerprint density at radius 1 is 0.793 bits per heavy atom. The predicted molar refractivity (Wildman–Crippen MR) is 121 cm³/mol. The molecule has 1 fully saturated rings. The lowest BCUT2D eigenvalue weighted by Crippen LogP contribution is -2.41. The summed E-state index contributed by atoms with van der Waals surface area (Å²) >= 11 is 0. The van der Waals surface area contributed by atoms with Crippen LogP contribution >= 0.6 is 0 Å². The van der Waals surface area contributed by atoms with Crippen LogP contribution in [0.4, 0.5) is 0 Å². The number of rotatable bonds is 16. The first-order valence-electron chi connectivity index (χ1n) is 12.1. The van der Waals surface area contributed by atoms with Crippen molar-refractivity contribution in [3.63, 3.8) is 0 Å². The first kappa shape index (κ1) is 25.8. The molecule has 0 unspecified atom stereocenters. The molecule has 1 rings (SSSR count). The number of Topliss-reactive ketones (excluding diaryl/α,β-unsaturated/α-hetero) is 3. The molecule has 0 aliphatic heterocycles. The smallest absolute Gasteiger partial charge is 0.151 e. The van der Waals surface area contributed by atoms with Crippen molar-refractivity contribution in [2.24, 2.45) is 11.3 Å². The van der Waals surface area contributed by atoms with Crippen molar-refractivity contribution < 1.29 is 14.4 Å². The summed E-state index contributed by atoms with van der Waals surface area (Å²) in [6.07, 6.45) is 21.5. The van der Waals surface area contributed by atoms with E-state index in [0.29, 0.717) is 19.3 Å². The Morgan fingerprint density at radius 2 is 1.24 bits per heavy atom. The molecular weight excluding hydrogens is 360 g/mol. The molecule has 0 spiro atoms. The third-order valence-electron chi connectivity index (χ3n) is 5.96. The van der Waals surface area contributed by atoms with Gasteiger partial charge >= 0.3 is 0 Å². The molecule has 0 radical (unpaired) electrons. The average molecular weight is 405 g/mol. The molecule has 1 aliphatic rings. The number of unbranched alkanes of at least 4 members (excludes halogenated alkanes) is 11. The van der Waals surface area contributed by atoms with Gasteiger partial charge in [0.05, 0.1) is 0 Å². The second-order valence-electron chi connectivity index (χ2n) is 9.68. The fourth-order valence-corrected chi connectivity index (χ4v) is 4.26. The molecule has 166 valence electrons. The average Bonchev–Trinajstić information content (AvgIpc) is 2.63. The summed E-state index contributed by atoms with van der Waals surface area (Å²) in [5.74, 6) is -1.43. The topological polar surface area (TPSA) is 51.2 Å². The number of hydrogen-bond donors (Lipinski definition) is 0. The molecule has 0 saturated heterocycles. The molecule has 0 amide bonds. The Hall–Kier alpha value is -1.25. The summed E-state index contributed by atoms with van der Waals surface area (Å²) in [7, 11) is 0. The second-order valence-corrected chi connectivity index (χ2v) is 9.68. The van der Waals surface area contributed by atoms with E-state index in [1.54, 1.807) is 0 Å². The molecule has 1 aliphatic carbocycles. The maximum Gasteiger partial charge on any atom is 0.151 e. The molecule has 0 aromatic heterocycles. The van der Waals surface area contributed by atoms with Gasteiger partial charge in [-0.25, -0.2) is 0 Å². The zero-order valence-electron chi connectivity index (χ0n) is 19.3. The zero-order valence-corrected chi connectivity index (χ0v) is 19.3. The highest BCUT2D eigenvalue weighted by atomic mass is 16.2. The number of allylic oxidation sites excluding steroid dienone is 2. The van der Waals surface area contributed by atoms with Crippen LogP contribution in [0, 0.1) is 11.3 Å². The number of hydrogen-bond acceptors (Lipinski definition) is 3. The van der Waals surface area contributed by atoms with E-state index >= 15 is 0 Å². The lowest BCUT2D eigenvalue weighted by atomic mass is 9.70. The molecule has 0 N–H and O–H groups in total. The van der Waals surface area contributed by atoms with Crippen LogP contribution in [0.1, 0.15) is 124 Å². The fraction of sp³-hybridized carbons (Fsp3) is 0.808. The van der Waals surface area contributed by atoms with Gasteiger partial charge < -0.3 is 0 Å². The minimum Gasteiger partial charge on any atom is -0.298 e. The van der Waals surface area contributed by atoms with Gasteiger partial charge in [0.1, 0.15) is 5.92 Å². The van der Waals surface area contributed by atoms with Gasteiger partial charge in [-0.3, -0.25) is 14.4 Å². The Morgan fingerprint density at radius 3 is 1.76 bits per heavy atom. The van der Waals surface area contributed by atoms with Crippen molar-refractivity contribution in [2.75, 3.05) is 0 Å². The van der Waals surface area contributed by atoms with Crippen molar-refractivity contribution >= 4 is 17.3 Å². The SMILES string of the molecule is CCCCCCCC/C=C/CCCCCCCC(=O)C1C(=O)CC(C)(C)CC1=O. The van der Waals surface area contributed by atoms with Crippen molar-refractivity contribution in [2.45, 2.75) is 124 Å². The van der Waals surface area contributed by atoms with Gasteiger partial charge in [-0.2, -0.15) is 0 Å². The van der Waals surface area contributed by atoms with Crippen molar-refractivity contribution in [1.82, 2.24) is 0 Å². The molecule has 0 aromatic carbocycles. The Bertz CT molecular complexity index is 510. The van der Waals surface area contributed by atoms with Gasteiger partial charge in [-0.15, -0.1) is 0 Å². The number of carbonyl (C=O) groups excluding carboxylic acids is 3. The van der Waals surface area contributed by atoms with Crippen molar-refractivity contribution in [3.8, 4) is 0 Å². The normalized spacial score (nSPS) is 17.3. The summed E-state index contributed by atoms with van der Waals surface area (Å²) in [6.45, 7) is 6.10. The maximum absolute atomic E-state index is 12.3. The van der Waals surface area contributed by atoms with E-state index in [2.05, 4.69) is 19.1 Å². The van der Waals surface area contributed by atoms with Gasteiger partial charge in [0, 0.05) is 19.3 Å². The van der Waals surface area contributed by atoms with Crippen LogP contribution in [0.25, 0.3) is 0 Å².